The highest BCUT2D eigenvalue weighted by molar-refractivity contribution is 9.09. The Balaban J connectivity index is 1.87. The number of halogens is 2. The average molecular weight is 524 g/mol. The van der Waals surface area contributed by atoms with Crippen molar-refractivity contribution in [3.63, 3.8) is 0 Å². The molecule has 0 aliphatic carbocycles. The Bertz CT molecular complexity index is 1130. The van der Waals surface area contributed by atoms with Crippen LogP contribution in [0.4, 0.5) is 0 Å². The van der Waals surface area contributed by atoms with Gasteiger partial charge < -0.3 is 0 Å². The zero-order chi connectivity index (χ0) is 21.3. The molecule has 2 unspecified atom stereocenters. The lowest BCUT2D eigenvalue weighted by Gasteiger charge is -2.25. The van der Waals surface area contributed by atoms with Crippen LogP contribution in [0.15, 0.2) is 72.8 Å². The van der Waals surface area contributed by atoms with Crippen molar-refractivity contribution >= 4 is 59.2 Å². The molecule has 0 fully saturated rings. The molecule has 0 saturated heterocycles. The topological polar surface area (TPSA) is 17.1 Å². The van der Waals surface area contributed by atoms with E-state index in [4.69, 9.17) is 0 Å². The van der Waals surface area contributed by atoms with Gasteiger partial charge in [0.15, 0.2) is 0 Å². The summed E-state index contributed by atoms with van der Waals surface area (Å²) in [6.07, 6.45) is 0. The minimum absolute atomic E-state index is 0.211. The average Bonchev–Trinajstić information content (AvgIpc) is 2.77. The Labute approximate surface area is 194 Å². The standard InChI is InChI=1S/C27H24Br2O/c1-17-11-13-19-7-3-5-9-21(19)25(17)23(15-28)27(30)24(16-29)26-18(2)12-14-20-8-4-6-10-22(20)26/h3-14,23-24H,15-16H2,1-2H3. The summed E-state index contributed by atoms with van der Waals surface area (Å²) in [5.41, 5.74) is 4.60. The van der Waals surface area contributed by atoms with E-state index >= 15 is 0 Å². The van der Waals surface area contributed by atoms with Crippen LogP contribution in [0.5, 0.6) is 0 Å². The molecule has 0 heterocycles. The number of Topliss-reactive ketones (excluding diaryl/α,β-unsaturated/α-hetero) is 1. The molecule has 30 heavy (non-hydrogen) atoms. The van der Waals surface area contributed by atoms with E-state index in [1.807, 2.05) is 12.1 Å². The highest BCUT2D eigenvalue weighted by atomic mass is 79.9. The van der Waals surface area contributed by atoms with Crippen LogP contribution in [-0.2, 0) is 4.79 Å². The van der Waals surface area contributed by atoms with Crippen molar-refractivity contribution in [1.82, 2.24) is 0 Å². The SMILES string of the molecule is Cc1ccc2ccccc2c1C(CBr)C(=O)C(CBr)c1c(C)ccc2ccccc12. The van der Waals surface area contributed by atoms with Gasteiger partial charge in [-0.1, -0.05) is 105 Å². The molecule has 3 heteroatoms. The summed E-state index contributed by atoms with van der Waals surface area (Å²) in [6, 6.07) is 25.2. The zero-order valence-electron chi connectivity index (χ0n) is 17.2. The number of benzene rings is 4. The smallest absolute Gasteiger partial charge is 0.149 e. The second kappa shape index (κ2) is 9.03. The van der Waals surface area contributed by atoms with Crippen LogP contribution in [0.2, 0.25) is 0 Å². The first-order chi connectivity index (χ1) is 14.6. The zero-order valence-corrected chi connectivity index (χ0v) is 20.3. The molecule has 4 aromatic rings. The fourth-order valence-corrected chi connectivity index (χ4v) is 5.85. The van der Waals surface area contributed by atoms with Gasteiger partial charge in [-0.05, 0) is 57.6 Å². The largest absolute Gasteiger partial charge is 0.298 e. The Morgan fingerprint density at radius 2 is 1.07 bits per heavy atom. The van der Waals surface area contributed by atoms with Crippen molar-refractivity contribution < 1.29 is 4.79 Å². The van der Waals surface area contributed by atoms with Gasteiger partial charge in [-0.15, -0.1) is 0 Å². The molecule has 4 rings (SSSR count). The number of carbonyl (C=O) groups is 1. The van der Waals surface area contributed by atoms with Gasteiger partial charge in [-0.3, -0.25) is 4.79 Å². The van der Waals surface area contributed by atoms with Gasteiger partial charge in [0.1, 0.15) is 5.78 Å². The van der Waals surface area contributed by atoms with E-state index in [0.717, 1.165) is 22.3 Å². The summed E-state index contributed by atoms with van der Waals surface area (Å²) in [7, 11) is 0. The molecular weight excluding hydrogens is 500 g/mol. The second-order valence-corrected chi connectivity index (χ2v) is 9.15. The lowest BCUT2D eigenvalue weighted by Crippen LogP contribution is -2.24. The van der Waals surface area contributed by atoms with E-state index in [0.29, 0.717) is 10.7 Å². The number of ketones is 1. The molecule has 4 aromatic carbocycles. The molecular formula is C27H24Br2O. The molecule has 0 amide bonds. The lowest BCUT2D eigenvalue weighted by atomic mass is 9.80. The highest BCUT2D eigenvalue weighted by Crippen LogP contribution is 2.38. The first-order valence-electron chi connectivity index (χ1n) is 10.2. The maximum absolute atomic E-state index is 14.0. The van der Waals surface area contributed by atoms with E-state index in [2.05, 4.69) is 106 Å². The molecule has 1 nitrogen and oxygen atoms in total. The summed E-state index contributed by atoms with van der Waals surface area (Å²) in [5, 5.41) is 5.89. The number of hydrogen-bond acceptors (Lipinski definition) is 1. The molecule has 0 bridgehead atoms. The van der Waals surface area contributed by atoms with Crippen molar-refractivity contribution in [2.45, 2.75) is 25.7 Å². The first-order valence-corrected chi connectivity index (χ1v) is 12.4. The molecule has 0 aliphatic rings. The predicted molar refractivity (Wildman–Crippen MR) is 135 cm³/mol. The van der Waals surface area contributed by atoms with E-state index in [-0.39, 0.29) is 17.6 Å². The number of fused-ring (bicyclic) bond motifs is 2. The van der Waals surface area contributed by atoms with Gasteiger partial charge >= 0.3 is 0 Å². The number of carbonyl (C=O) groups excluding carboxylic acids is 1. The number of aryl methyl sites for hydroxylation is 2. The molecule has 0 aromatic heterocycles. The third-order valence-electron chi connectivity index (χ3n) is 6.07. The molecule has 0 radical (unpaired) electrons. The van der Waals surface area contributed by atoms with E-state index < -0.39 is 0 Å². The van der Waals surface area contributed by atoms with Crippen molar-refractivity contribution in [3.05, 3.63) is 95.1 Å². The third kappa shape index (κ3) is 3.74. The van der Waals surface area contributed by atoms with Gasteiger partial charge in [0.05, 0.1) is 11.8 Å². The molecule has 0 N–H and O–H groups in total. The second-order valence-electron chi connectivity index (χ2n) is 7.85. The van der Waals surface area contributed by atoms with Gasteiger partial charge in [0, 0.05) is 10.7 Å². The lowest BCUT2D eigenvalue weighted by molar-refractivity contribution is -0.120. The molecule has 0 aliphatic heterocycles. The molecule has 152 valence electrons. The molecule has 2 atom stereocenters. The van der Waals surface area contributed by atoms with E-state index in [1.54, 1.807) is 0 Å². The molecule has 0 saturated carbocycles. The van der Waals surface area contributed by atoms with Crippen molar-refractivity contribution in [1.29, 1.82) is 0 Å². The summed E-state index contributed by atoms with van der Waals surface area (Å²) >= 11 is 7.35. The van der Waals surface area contributed by atoms with Gasteiger partial charge in [-0.2, -0.15) is 0 Å². The minimum atomic E-state index is -0.211. The van der Waals surface area contributed by atoms with Crippen LogP contribution in [0.25, 0.3) is 21.5 Å². The minimum Gasteiger partial charge on any atom is -0.298 e. The Kier molecular flexibility index (Phi) is 6.40. The summed E-state index contributed by atoms with van der Waals surface area (Å²) in [5.74, 6) is -0.170. The summed E-state index contributed by atoms with van der Waals surface area (Å²) < 4.78 is 0. The maximum atomic E-state index is 14.0. The Hall–Kier alpha value is -1.97. The van der Waals surface area contributed by atoms with Crippen molar-refractivity contribution in [2.24, 2.45) is 0 Å². The van der Waals surface area contributed by atoms with Gasteiger partial charge in [0.2, 0.25) is 0 Å². The van der Waals surface area contributed by atoms with Crippen molar-refractivity contribution in [2.75, 3.05) is 10.7 Å². The predicted octanol–water partition coefficient (Wildman–Crippen LogP) is 7.84. The van der Waals surface area contributed by atoms with Crippen LogP contribution >= 0.6 is 31.9 Å². The van der Waals surface area contributed by atoms with E-state index in [9.17, 15) is 4.79 Å². The third-order valence-corrected chi connectivity index (χ3v) is 7.36. The van der Waals surface area contributed by atoms with Crippen LogP contribution in [0, 0.1) is 13.8 Å². The van der Waals surface area contributed by atoms with Crippen LogP contribution in [0.1, 0.15) is 34.1 Å². The first kappa shape index (κ1) is 21.3. The van der Waals surface area contributed by atoms with Gasteiger partial charge in [-0.25, -0.2) is 0 Å². The quantitative estimate of drug-likeness (QED) is 0.235. The van der Waals surface area contributed by atoms with Crippen molar-refractivity contribution in [3.8, 4) is 0 Å². The van der Waals surface area contributed by atoms with Gasteiger partial charge in [0.25, 0.3) is 0 Å². The van der Waals surface area contributed by atoms with Crippen LogP contribution < -0.4 is 0 Å². The number of alkyl halides is 2. The molecule has 0 spiro atoms. The maximum Gasteiger partial charge on any atom is 0.149 e. The number of rotatable bonds is 6. The Morgan fingerprint density at radius 1 is 0.667 bits per heavy atom. The normalized spacial score (nSPS) is 13.5. The highest BCUT2D eigenvalue weighted by Gasteiger charge is 2.31. The number of hydrogen-bond donors (Lipinski definition) is 0. The van der Waals surface area contributed by atoms with Crippen LogP contribution in [-0.4, -0.2) is 16.4 Å². The van der Waals surface area contributed by atoms with E-state index in [1.165, 1.54) is 21.5 Å². The van der Waals surface area contributed by atoms with Crippen LogP contribution in [0.3, 0.4) is 0 Å². The Morgan fingerprint density at radius 3 is 1.47 bits per heavy atom. The fraction of sp³-hybridized carbons (Fsp3) is 0.222. The summed E-state index contributed by atoms with van der Waals surface area (Å²) in [4.78, 5) is 14.0. The monoisotopic (exact) mass is 522 g/mol. The fourth-order valence-electron chi connectivity index (χ4n) is 4.57. The summed E-state index contributed by atoms with van der Waals surface area (Å²) in [6.45, 7) is 4.22.